The van der Waals surface area contributed by atoms with E-state index in [2.05, 4.69) is 5.32 Å². The van der Waals surface area contributed by atoms with Gasteiger partial charge in [0.2, 0.25) is 5.91 Å². The minimum Gasteiger partial charge on any atom is -0.478 e. The molecule has 0 aliphatic heterocycles. The maximum atomic E-state index is 11.6. The van der Waals surface area contributed by atoms with Gasteiger partial charge in [0.1, 0.15) is 0 Å². The van der Waals surface area contributed by atoms with Crippen LogP contribution >= 0.6 is 0 Å². The number of hydrogen-bond acceptors (Lipinski definition) is 3. The summed E-state index contributed by atoms with van der Waals surface area (Å²) in [6, 6.07) is 0. The zero-order valence-corrected chi connectivity index (χ0v) is 10.8. The summed E-state index contributed by atoms with van der Waals surface area (Å²) >= 11 is 0. The summed E-state index contributed by atoms with van der Waals surface area (Å²) in [4.78, 5) is 23.7. The van der Waals surface area contributed by atoms with Gasteiger partial charge in [-0.05, 0) is 20.8 Å². The van der Waals surface area contributed by atoms with Gasteiger partial charge in [-0.25, -0.2) is 4.79 Å². The molecule has 0 fully saturated rings. The molecule has 2 N–H and O–H groups in total. The molecule has 0 rings (SSSR count). The summed E-state index contributed by atoms with van der Waals surface area (Å²) in [5.74, 6) is -0.814. The van der Waals surface area contributed by atoms with Crippen LogP contribution in [0.15, 0.2) is 11.6 Å². The van der Waals surface area contributed by atoms with Gasteiger partial charge in [0.25, 0.3) is 0 Å². The number of aliphatic carboxylic acids is 1. The summed E-state index contributed by atoms with van der Waals surface area (Å²) in [6.45, 7) is 8.18. The molecular weight excluding hydrogens is 220 g/mol. The number of carboxylic acids is 1. The van der Waals surface area contributed by atoms with Gasteiger partial charge in [0.05, 0.1) is 0 Å². The third kappa shape index (κ3) is 7.52. The molecule has 0 aliphatic rings. The monoisotopic (exact) mass is 242 g/mol. The molecule has 0 heterocycles. The van der Waals surface area contributed by atoms with E-state index in [1.165, 1.54) is 6.08 Å². The van der Waals surface area contributed by atoms with E-state index in [-0.39, 0.29) is 5.91 Å². The molecule has 0 aromatic rings. The Morgan fingerprint density at radius 1 is 1.29 bits per heavy atom. The molecule has 17 heavy (non-hydrogen) atoms. The highest BCUT2D eigenvalue weighted by atomic mass is 16.4. The van der Waals surface area contributed by atoms with E-state index < -0.39 is 5.97 Å². The number of rotatable bonds is 8. The van der Waals surface area contributed by atoms with Crippen molar-refractivity contribution in [3.05, 3.63) is 11.6 Å². The zero-order chi connectivity index (χ0) is 13.3. The lowest BCUT2D eigenvalue weighted by Crippen LogP contribution is -2.33. The minimum absolute atomic E-state index is 0.127. The van der Waals surface area contributed by atoms with Crippen molar-refractivity contribution in [1.29, 1.82) is 0 Å². The highest BCUT2D eigenvalue weighted by Gasteiger charge is 2.08. The van der Waals surface area contributed by atoms with Crippen molar-refractivity contribution in [3.63, 3.8) is 0 Å². The van der Waals surface area contributed by atoms with Crippen molar-refractivity contribution in [2.45, 2.75) is 27.2 Å². The summed E-state index contributed by atoms with van der Waals surface area (Å²) < 4.78 is 0. The van der Waals surface area contributed by atoms with E-state index in [0.717, 1.165) is 18.7 Å². The Bertz CT molecular complexity index is 283. The Kier molecular flexibility index (Phi) is 8.05. The molecule has 0 aromatic heterocycles. The molecule has 0 radical (unpaired) electrons. The van der Waals surface area contributed by atoms with Crippen molar-refractivity contribution in [2.75, 3.05) is 26.2 Å². The van der Waals surface area contributed by atoms with Crippen molar-refractivity contribution in [1.82, 2.24) is 10.2 Å². The fourth-order valence-corrected chi connectivity index (χ4v) is 1.48. The highest BCUT2D eigenvalue weighted by Crippen LogP contribution is 1.94. The standard InChI is InChI=1S/C12H22N2O3/c1-4-14(5-2)11(15)6-7-13-9-10(3)8-12(16)17/h8,13H,4-7,9H2,1-3H3,(H,16,17). The van der Waals surface area contributed by atoms with Crippen LogP contribution in [0.4, 0.5) is 0 Å². The average molecular weight is 242 g/mol. The zero-order valence-electron chi connectivity index (χ0n) is 10.8. The second-order valence-electron chi connectivity index (χ2n) is 3.82. The molecule has 5 heteroatoms. The number of hydrogen-bond donors (Lipinski definition) is 2. The smallest absolute Gasteiger partial charge is 0.328 e. The van der Waals surface area contributed by atoms with Crippen LogP contribution in [-0.4, -0.2) is 48.1 Å². The van der Waals surface area contributed by atoms with Gasteiger partial charge in [-0.1, -0.05) is 5.57 Å². The van der Waals surface area contributed by atoms with Gasteiger partial charge in [0, 0.05) is 38.7 Å². The van der Waals surface area contributed by atoms with Crippen molar-refractivity contribution in [2.24, 2.45) is 0 Å². The Hall–Kier alpha value is -1.36. The second-order valence-corrected chi connectivity index (χ2v) is 3.82. The minimum atomic E-state index is -0.941. The van der Waals surface area contributed by atoms with Crippen LogP contribution in [0.1, 0.15) is 27.2 Å². The van der Waals surface area contributed by atoms with Crippen LogP contribution in [-0.2, 0) is 9.59 Å². The van der Waals surface area contributed by atoms with Crippen molar-refractivity contribution >= 4 is 11.9 Å². The first-order chi connectivity index (χ1) is 8.01. The normalized spacial score (nSPS) is 11.4. The van der Waals surface area contributed by atoms with E-state index in [9.17, 15) is 9.59 Å². The maximum Gasteiger partial charge on any atom is 0.328 e. The van der Waals surface area contributed by atoms with Gasteiger partial charge in [-0.2, -0.15) is 0 Å². The van der Waals surface area contributed by atoms with Crippen LogP contribution in [0.3, 0.4) is 0 Å². The fourth-order valence-electron chi connectivity index (χ4n) is 1.48. The number of carboxylic acid groups (broad SMARTS) is 1. The van der Waals surface area contributed by atoms with Gasteiger partial charge in [-0.3, -0.25) is 4.79 Å². The fraction of sp³-hybridized carbons (Fsp3) is 0.667. The molecule has 0 atom stereocenters. The van der Waals surface area contributed by atoms with E-state index >= 15 is 0 Å². The van der Waals surface area contributed by atoms with E-state index in [4.69, 9.17) is 5.11 Å². The number of nitrogens with one attached hydrogen (secondary N) is 1. The van der Waals surface area contributed by atoms with Crippen molar-refractivity contribution < 1.29 is 14.7 Å². The van der Waals surface area contributed by atoms with Crippen LogP contribution in [0, 0.1) is 0 Å². The lowest BCUT2D eigenvalue weighted by molar-refractivity contribution is -0.132. The average Bonchev–Trinajstić information content (AvgIpc) is 2.25. The van der Waals surface area contributed by atoms with Gasteiger partial charge < -0.3 is 15.3 Å². The number of nitrogens with zero attached hydrogens (tertiary/aromatic N) is 1. The van der Waals surface area contributed by atoms with Gasteiger partial charge in [0.15, 0.2) is 0 Å². The van der Waals surface area contributed by atoms with Gasteiger partial charge in [-0.15, -0.1) is 0 Å². The quantitative estimate of drug-likeness (QED) is 0.489. The molecule has 0 spiro atoms. The van der Waals surface area contributed by atoms with Crippen molar-refractivity contribution in [3.8, 4) is 0 Å². The first kappa shape index (κ1) is 15.6. The molecule has 5 nitrogen and oxygen atoms in total. The highest BCUT2D eigenvalue weighted by molar-refractivity contribution is 5.80. The van der Waals surface area contributed by atoms with Crippen LogP contribution in [0.25, 0.3) is 0 Å². The predicted octanol–water partition coefficient (Wildman–Crippen LogP) is 0.865. The summed E-state index contributed by atoms with van der Waals surface area (Å²) in [6.07, 6.45) is 1.61. The molecule has 0 unspecified atom stereocenters. The number of carbonyl (C=O) groups is 2. The van der Waals surface area contributed by atoms with Crippen LogP contribution in [0.5, 0.6) is 0 Å². The van der Waals surface area contributed by atoms with Crippen LogP contribution < -0.4 is 5.32 Å². The Morgan fingerprint density at radius 3 is 2.35 bits per heavy atom. The first-order valence-corrected chi connectivity index (χ1v) is 5.89. The third-order valence-electron chi connectivity index (χ3n) is 2.41. The molecule has 0 aromatic carbocycles. The van der Waals surface area contributed by atoms with E-state index in [0.29, 0.717) is 19.5 Å². The maximum absolute atomic E-state index is 11.6. The Balaban J connectivity index is 3.78. The topological polar surface area (TPSA) is 69.6 Å². The van der Waals surface area contributed by atoms with E-state index in [1.807, 2.05) is 13.8 Å². The summed E-state index contributed by atoms with van der Waals surface area (Å²) in [7, 11) is 0. The molecule has 0 saturated carbocycles. The largest absolute Gasteiger partial charge is 0.478 e. The molecule has 0 saturated heterocycles. The number of carbonyl (C=O) groups excluding carboxylic acids is 1. The Morgan fingerprint density at radius 2 is 1.88 bits per heavy atom. The Labute approximate surface area is 102 Å². The number of amides is 1. The summed E-state index contributed by atoms with van der Waals surface area (Å²) in [5.41, 5.74) is 0.743. The SMILES string of the molecule is CCN(CC)C(=O)CCNCC(C)=CC(=O)O. The molecule has 0 aliphatic carbocycles. The lowest BCUT2D eigenvalue weighted by Gasteiger charge is -2.18. The lowest BCUT2D eigenvalue weighted by atomic mass is 10.2. The predicted molar refractivity (Wildman–Crippen MR) is 66.8 cm³/mol. The third-order valence-corrected chi connectivity index (χ3v) is 2.41. The molecule has 98 valence electrons. The first-order valence-electron chi connectivity index (χ1n) is 5.89. The van der Waals surface area contributed by atoms with Crippen LogP contribution in [0.2, 0.25) is 0 Å². The second kappa shape index (κ2) is 8.75. The van der Waals surface area contributed by atoms with Gasteiger partial charge >= 0.3 is 5.97 Å². The molecular formula is C12H22N2O3. The summed E-state index contributed by atoms with van der Waals surface area (Å²) in [5, 5.41) is 11.5. The molecule has 1 amide bonds. The molecule has 0 bridgehead atoms. The van der Waals surface area contributed by atoms with E-state index in [1.54, 1.807) is 11.8 Å².